The van der Waals surface area contributed by atoms with Gasteiger partial charge in [-0.15, -0.1) is 0 Å². The minimum atomic E-state index is -3.81. The van der Waals surface area contributed by atoms with Crippen LogP contribution in [0.5, 0.6) is 0 Å². The van der Waals surface area contributed by atoms with Crippen LogP contribution in [0.1, 0.15) is 53.5 Å². The Morgan fingerprint density at radius 1 is 0.902 bits per heavy atom. The molecule has 1 saturated carbocycles. The van der Waals surface area contributed by atoms with E-state index in [1.807, 2.05) is 87.5 Å². The Labute approximate surface area is 244 Å². The minimum Gasteiger partial charge on any atom is -0.352 e. The lowest BCUT2D eigenvalue weighted by molar-refractivity contribution is -0.140. The predicted molar refractivity (Wildman–Crippen MR) is 164 cm³/mol. The molecule has 1 aliphatic carbocycles. The number of amides is 2. The molecule has 0 heterocycles. The number of hydrogen-bond donors (Lipinski definition) is 1. The lowest BCUT2D eigenvalue weighted by Crippen LogP contribution is -2.54. The summed E-state index contributed by atoms with van der Waals surface area (Å²) in [5.74, 6) is -0.637. The summed E-state index contributed by atoms with van der Waals surface area (Å²) in [6.45, 7) is 5.47. The highest BCUT2D eigenvalue weighted by molar-refractivity contribution is 7.92. The highest BCUT2D eigenvalue weighted by atomic mass is 32.2. The lowest BCUT2D eigenvalue weighted by Gasteiger charge is -2.34. The van der Waals surface area contributed by atoms with Crippen molar-refractivity contribution in [3.05, 3.63) is 101 Å². The van der Waals surface area contributed by atoms with Crippen molar-refractivity contribution in [2.75, 3.05) is 17.1 Å². The van der Waals surface area contributed by atoms with Crippen LogP contribution in [0.25, 0.3) is 0 Å². The first-order valence-corrected chi connectivity index (χ1v) is 16.1. The summed E-state index contributed by atoms with van der Waals surface area (Å²) >= 11 is 0. The lowest BCUT2D eigenvalue weighted by atomic mass is 10.0. The fourth-order valence-electron chi connectivity index (χ4n) is 5.48. The third-order valence-electron chi connectivity index (χ3n) is 7.89. The zero-order chi connectivity index (χ0) is 29.6. The van der Waals surface area contributed by atoms with Crippen LogP contribution in [-0.2, 0) is 32.6 Å². The van der Waals surface area contributed by atoms with Gasteiger partial charge in [0.05, 0.1) is 11.9 Å². The van der Waals surface area contributed by atoms with Gasteiger partial charge >= 0.3 is 0 Å². The third-order valence-corrected chi connectivity index (χ3v) is 9.01. The first kappa shape index (κ1) is 30.3. The largest absolute Gasteiger partial charge is 0.352 e. The number of nitrogens with one attached hydrogen (secondary N) is 1. The van der Waals surface area contributed by atoms with Gasteiger partial charge in [0.1, 0.15) is 12.6 Å². The molecule has 0 saturated heterocycles. The predicted octanol–water partition coefficient (Wildman–Crippen LogP) is 5.08. The molecule has 1 aliphatic rings. The van der Waals surface area contributed by atoms with Gasteiger partial charge in [-0.25, -0.2) is 8.42 Å². The molecule has 1 N–H and O–H groups in total. The van der Waals surface area contributed by atoms with E-state index in [0.717, 1.165) is 64.1 Å². The van der Waals surface area contributed by atoms with E-state index < -0.39 is 28.5 Å². The van der Waals surface area contributed by atoms with Crippen LogP contribution < -0.4 is 9.62 Å². The average molecular weight is 576 g/mol. The van der Waals surface area contributed by atoms with Gasteiger partial charge in [-0.05, 0) is 67.5 Å². The second kappa shape index (κ2) is 13.3. The topological polar surface area (TPSA) is 86.8 Å². The summed E-state index contributed by atoms with van der Waals surface area (Å²) in [6, 6.07) is 22.2. The molecule has 4 rings (SSSR count). The van der Waals surface area contributed by atoms with Gasteiger partial charge in [0.25, 0.3) is 0 Å². The van der Waals surface area contributed by atoms with E-state index in [0.29, 0.717) is 12.1 Å². The molecular weight excluding hydrogens is 534 g/mol. The highest BCUT2D eigenvalue weighted by Crippen LogP contribution is 2.26. The van der Waals surface area contributed by atoms with Gasteiger partial charge in [-0.1, -0.05) is 79.6 Å². The van der Waals surface area contributed by atoms with E-state index >= 15 is 0 Å². The van der Waals surface area contributed by atoms with E-state index in [9.17, 15) is 18.0 Å². The van der Waals surface area contributed by atoms with Crippen LogP contribution in [0.3, 0.4) is 0 Å². The maximum absolute atomic E-state index is 14.3. The molecule has 0 bridgehead atoms. The Morgan fingerprint density at radius 2 is 1.56 bits per heavy atom. The summed E-state index contributed by atoms with van der Waals surface area (Å²) < 4.78 is 27.3. The van der Waals surface area contributed by atoms with Crippen molar-refractivity contribution in [1.29, 1.82) is 0 Å². The summed E-state index contributed by atoms with van der Waals surface area (Å²) in [7, 11) is -3.81. The molecular formula is C33H41N3O4S. The second-order valence-electron chi connectivity index (χ2n) is 11.2. The first-order chi connectivity index (χ1) is 19.5. The molecule has 2 amide bonds. The number of carbonyl (C=O) groups is 2. The summed E-state index contributed by atoms with van der Waals surface area (Å²) in [5, 5.41) is 3.20. The van der Waals surface area contributed by atoms with Gasteiger partial charge in [0, 0.05) is 19.0 Å². The Bertz CT molecular complexity index is 1470. The number of anilines is 1. The number of carbonyl (C=O) groups excluding carboxylic acids is 2. The minimum absolute atomic E-state index is 0.0821. The standard InChI is InChI=1S/C33H41N3O4S/c1-24-18-19-26(3)30(20-24)36(41(4,39)40)23-32(37)35(22-28-15-9-8-12-25(28)2)31(21-27-13-6-5-7-14-27)33(38)34-29-16-10-11-17-29/h5-9,12-15,18-20,29,31H,10-11,16-17,21-23H2,1-4H3,(H,34,38)/t31-/m1/s1. The van der Waals surface area contributed by atoms with E-state index in [1.165, 1.54) is 0 Å². The Kier molecular flexibility index (Phi) is 9.86. The number of benzene rings is 3. The van der Waals surface area contributed by atoms with Crippen LogP contribution in [0.2, 0.25) is 0 Å². The van der Waals surface area contributed by atoms with Crippen molar-refractivity contribution in [3.63, 3.8) is 0 Å². The molecule has 3 aromatic rings. The van der Waals surface area contributed by atoms with Crippen molar-refractivity contribution in [3.8, 4) is 0 Å². The summed E-state index contributed by atoms with van der Waals surface area (Å²) in [6.07, 6.45) is 5.41. The first-order valence-electron chi connectivity index (χ1n) is 14.3. The van der Waals surface area contributed by atoms with Crippen molar-refractivity contribution in [2.45, 2.75) is 71.5 Å². The molecule has 218 valence electrons. The van der Waals surface area contributed by atoms with E-state index in [1.54, 1.807) is 11.0 Å². The molecule has 41 heavy (non-hydrogen) atoms. The monoisotopic (exact) mass is 575 g/mol. The fraction of sp³-hybridized carbons (Fsp3) is 0.394. The van der Waals surface area contributed by atoms with Crippen molar-refractivity contribution < 1.29 is 18.0 Å². The average Bonchev–Trinajstić information content (AvgIpc) is 3.44. The molecule has 8 heteroatoms. The van der Waals surface area contributed by atoms with Gasteiger partial charge < -0.3 is 10.2 Å². The van der Waals surface area contributed by atoms with Gasteiger partial charge in [-0.2, -0.15) is 0 Å². The van der Waals surface area contributed by atoms with E-state index in [2.05, 4.69) is 5.32 Å². The number of sulfonamides is 1. The Hall–Kier alpha value is -3.65. The van der Waals surface area contributed by atoms with Crippen molar-refractivity contribution >= 4 is 27.5 Å². The zero-order valence-electron chi connectivity index (χ0n) is 24.5. The molecule has 0 unspecified atom stereocenters. The van der Waals surface area contributed by atoms with Crippen LogP contribution in [-0.4, -0.2) is 50.0 Å². The quantitative estimate of drug-likeness (QED) is 0.346. The van der Waals surface area contributed by atoms with Crippen molar-refractivity contribution in [1.82, 2.24) is 10.2 Å². The van der Waals surface area contributed by atoms with Gasteiger partial charge in [-0.3, -0.25) is 13.9 Å². The Morgan fingerprint density at radius 3 is 2.22 bits per heavy atom. The summed E-state index contributed by atoms with van der Waals surface area (Å²) in [5.41, 5.74) is 4.93. The zero-order valence-corrected chi connectivity index (χ0v) is 25.3. The molecule has 1 atom stereocenters. The molecule has 0 aromatic heterocycles. The maximum atomic E-state index is 14.3. The highest BCUT2D eigenvalue weighted by Gasteiger charge is 2.34. The number of rotatable bonds is 11. The van der Waals surface area contributed by atoms with Gasteiger partial charge in [0.15, 0.2) is 0 Å². The summed E-state index contributed by atoms with van der Waals surface area (Å²) in [4.78, 5) is 29.8. The molecule has 0 spiro atoms. The Balaban J connectivity index is 1.75. The number of aryl methyl sites for hydroxylation is 3. The van der Waals surface area contributed by atoms with Crippen LogP contribution in [0.15, 0.2) is 72.8 Å². The van der Waals surface area contributed by atoms with Crippen LogP contribution in [0, 0.1) is 20.8 Å². The van der Waals surface area contributed by atoms with E-state index in [-0.39, 0.29) is 18.5 Å². The normalized spacial score (nSPS) is 14.4. The smallest absolute Gasteiger partial charge is 0.244 e. The molecule has 0 aliphatic heterocycles. The SMILES string of the molecule is Cc1ccc(C)c(N(CC(=O)N(Cc2ccccc2C)[C@H](Cc2ccccc2)C(=O)NC2CCCC2)S(C)(=O)=O)c1. The van der Waals surface area contributed by atoms with Crippen LogP contribution in [0.4, 0.5) is 5.69 Å². The van der Waals surface area contributed by atoms with Crippen molar-refractivity contribution in [2.24, 2.45) is 0 Å². The second-order valence-corrected chi connectivity index (χ2v) is 13.1. The fourth-order valence-corrected chi connectivity index (χ4v) is 6.37. The molecule has 3 aromatic carbocycles. The van der Waals surface area contributed by atoms with Gasteiger partial charge in [0.2, 0.25) is 21.8 Å². The molecule has 1 fully saturated rings. The molecule has 7 nitrogen and oxygen atoms in total. The third kappa shape index (κ3) is 7.97. The number of nitrogens with zero attached hydrogens (tertiary/aromatic N) is 2. The maximum Gasteiger partial charge on any atom is 0.244 e. The van der Waals surface area contributed by atoms with Crippen LogP contribution >= 0.6 is 0 Å². The van der Waals surface area contributed by atoms with E-state index in [4.69, 9.17) is 0 Å². The number of hydrogen-bond acceptors (Lipinski definition) is 4. The molecule has 0 radical (unpaired) electrons.